The molecule has 3 heterocycles. The van der Waals surface area contributed by atoms with E-state index in [-0.39, 0.29) is 24.2 Å². The van der Waals surface area contributed by atoms with E-state index in [1.165, 1.54) is 18.4 Å². The van der Waals surface area contributed by atoms with Crippen LogP contribution in [0.2, 0.25) is 0 Å². The van der Waals surface area contributed by atoms with Crippen LogP contribution in [0.25, 0.3) is 22.2 Å². The lowest BCUT2D eigenvalue weighted by Gasteiger charge is -2.32. The van der Waals surface area contributed by atoms with Crippen molar-refractivity contribution in [3.05, 3.63) is 70.4 Å². The fourth-order valence-electron chi connectivity index (χ4n) is 6.28. The highest BCUT2D eigenvalue weighted by molar-refractivity contribution is 7.08. The molecule has 210 valence electrons. The molecule has 2 fully saturated rings. The molecule has 8 heteroatoms. The third-order valence-corrected chi connectivity index (χ3v) is 9.07. The van der Waals surface area contributed by atoms with Gasteiger partial charge in [0, 0.05) is 36.1 Å². The number of aromatic amines is 1. The van der Waals surface area contributed by atoms with Crippen LogP contribution in [0.4, 0.5) is 0 Å². The van der Waals surface area contributed by atoms with E-state index in [4.69, 9.17) is 4.74 Å². The number of amides is 1. The van der Waals surface area contributed by atoms with Crippen LogP contribution in [0.1, 0.15) is 67.4 Å². The van der Waals surface area contributed by atoms with E-state index >= 15 is 0 Å². The number of aliphatic hydroxyl groups excluding tert-OH is 1. The second-order valence-electron chi connectivity index (χ2n) is 11.4. The SMILES string of the molecule is CC(O)CN1CCC(Oc2ccc(-c3n[nH]c4ccc(C(=O)NC(c5ccsc5)C5CCCC5)cc34)cc2)CC1. The maximum absolute atomic E-state index is 13.5. The number of β-amino-alcohol motifs (C(OH)–C–C–N with tert-alkyl or cyclic N) is 1. The Kier molecular flexibility index (Phi) is 8.18. The molecule has 1 saturated heterocycles. The number of nitrogens with zero attached hydrogens (tertiary/aromatic N) is 2. The first kappa shape index (κ1) is 27.0. The van der Waals surface area contributed by atoms with E-state index in [2.05, 4.69) is 37.2 Å². The molecule has 6 rings (SSSR count). The van der Waals surface area contributed by atoms with Crippen molar-refractivity contribution in [3.63, 3.8) is 0 Å². The van der Waals surface area contributed by atoms with Gasteiger partial charge < -0.3 is 20.1 Å². The quantitative estimate of drug-likeness (QED) is 0.228. The highest BCUT2D eigenvalue weighted by Gasteiger charge is 2.28. The summed E-state index contributed by atoms with van der Waals surface area (Å²) in [5.74, 6) is 1.30. The zero-order chi connectivity index (χ0) is 27.5. The second kappa shape index (κ2) is 12.1. The summed E-state index contributed by atoms with van der Waals surface area (Å²) >= 11 is 1.68. The molecule has 4 aromatic rings. The molecule has 0 spiro atoms. The van der Waals surface area contributed by atoms with Gasteiger partial charge in [-0.1, -0.05) is 12.8 Å². The molecular formula is C32H38N4O3S. The van der Waals surface area contributed by atoms with Gasteiger partial charge in [0.1, 0.15) is 11.9 Å². The van der Waals surface area contributed by atoms with Crippen LogP contribution in [0.5, 0.6) is 5.75 Å². The number of piperidine rings is 1. The fourth-order valence-corrected chi connectivity index (χ4v) is 6.98. The monoisotopic (exact) mass is 558 g/mol. The third-order valence-electron chi connectivity index (χ3n) is 8.37. The maximum Gasteiger partial charge on any atom is 0.251 e. The predicted octanol–water partition coefficient (Wildman–Crippen LogP) is 6.18. The number of carbonyl (C=O) groups excluding carboxylic acids is 1. The third kappa shape index (κ3) is 6.09. The Morgan fingerprint density at radius 1 is 1.12 bits per heavy atom. The van der Waals surface area contributed by atoms with Crippen molar-refractivity contribution < 1.29 is 14.6 Å². The Bertz CT molecular complexity index is 1400. The molecule has 7 nitrogen and oxygen atoms in total. The number of nitrogens with one attached hydrogen (secondary N) is 2. The Hall–Kier alpha value is -3.20. The first-order chi connectivity index (χ1) is 19.5. The second-order valence-corrected chi connectivity index (χ2v) is 12.2. The van der Waals surface area contributed by atoms with E-state index in [9.17, 15) is 9.90 Å². The van der Waals surface area contributed by atoms with Gasteiger partial charge in [0.05, 0.1) is 23.4 Å². The lowest BCUT2D eigenvalue weighted by atomic mass is 9.93. The molecule has 0 radical (unpaired) electrons. The highest BCUT2D eigenvalue weighted by Crippen LogP contribution is 2.37. The standard InChI is InChI=1S/C32H38N4O3S/c1-21(37)19-36-15-12-27(13-16-36)39-26-9-6-23(7-10-26)31-28-18-24(8-11-29(28)34-35-31)32(38)33-30(22-4-2-3-5-22)25-14-17-40-20-25/h6-11,14,17-18,20-22,27,30,37H,2-5,12-13,15-16,19H2,1H3,(H,33,38)(H,34,35). The van der Waals surface area contributed by atoms with E-state index in [0.29, 0.717) is 11.5 Å². The molecule has 1 saturated carbocycles. The van der Waals surface area contributed by atoms with Crippen LogP contribution < -0.4 is 10.1 Å². The van der Waals surface area contributed by atoms with Gasteiger partial charge in [0.15, 0.2) is 0 Å². The Morgan fingerprint density at radius 2 is 1.90 bits per heavy atom. The zero-order valence-corrected chi connectivity index (χ0v) is 23.8. The van der Waals surface area contributed by atoms with Crippen molar-refractivity contribution in [2.24, 2.45) is 5.92 Å². The van der Waals surface area contributed by atoms with E-state index in [1.807, 2.05) is 49.4 Å². The van der Waals surface area contributed by atoms with Crippen molar-refractivity contribution in [2.45, 2.75) is 63.7 Å². The van der Waals surface area contributed by atoms with Crippen molar-refractivity contribution in [1.82, 2.24) is 20.4 Å². The summed E-state index contributed by atoms with van der Waals surface area (Å²) < 4.78 is 6.26. The number of H-pyrrole nitrogens is 1. The minimum absolute atomic E-state index is 0.0413. The molecule has 2 atom stereocenters. The smallest absolute Gasteiger partial charge is 0.251 e. The van der Waals surface area contributed by atoms with Crippen LogP contribution in [-0.4, -0.2) is 58.0 Å². The van der Waals surface area contributed by atoms with Crippen molar-refractivity contribution in [3.8, 4) is 17.0 Å². The lowest BCUT2D eigenvalue weighted by Crippen LogP contribution is -2.41. The number of likely N-dealkylation sites (tertiary alicyclic amines) is 1. The van der Waals surface area contributed by atoms with Gasteiger partial charge >= 0.3 is 0 Å². The summed E-state index contributed by atoms with van der Waals surface area (Å²) in [7, 11) is 0. The molecule has 1 aliphatic heterocycles. The van der Waals surface area contributed by atoms with Gasteiger partial charge in [-0.25, -0.2) is 0 Å². The number of benzene rings is 2. The van der Waals surface area contributed by atoms with Crippen LogP contribution in [0.3, 0.4) is 0 Å². The molecule has 3 N–H and O–H groups in total. The molecular weight excluding hydrogens is 520 g/mol. The number of ether oxygens (including phenoxy) is 1. The van der Waals surface area contributed by atoms with E-state index < -0.39 is 0 Å². The molecule has 2 aromatic carbocycles. The summed E-state index contributed by atoms with van der Waals surface area (Å²) in [5, 5.41) is 25.9. The molecule has 0 bridgehead atoms. The summed E-state index contributed by atoms with van der Waals surface area (Å²) in [5.41, 5.74) is 4.57. The normalized spacial score (nSPS) is 18.6. The first-order valence-corrected chi connectivity index (χ1v) is 15.5. The topological polar surface area (TPSA) is 90.5 Å². The van der Waals surface area contributed by atoms with E-state index in [1.54, 1.807) is 11.3 Å². The summed E-state index contributed by atoms with van der Waals surface area (Å²) in [6, 6.07) is 16.0. The Morgan fingerprint density at radius 3 is 2.60 bits per heavy atom. The summed E-state index contributed by atoms with van der Waals surface area (Å²) in [4.78, 5) is 15.8. The first-order valence-electron chi connectivity index (χ1n) is 14.5. The average Bonchev–Trinajstić information content (AvgIpc) is 3.75. The van der Waals surface area contributed by atoms with Gasteiger partial charge in [-0.05, 0) is 103 Å². The Balaban J connectivity index is 1.15. The number of fused-ring (bicyclic) bond motifs is 1. The van der Waals surface area contributed by atoms with Crippen molar-refractivity contribution in [1.29, 1.82) is 0 Å². The maximum atomic E-state index is 13.5. The summed E-state index contributed by atoms with van der Waals surface area (Å²) in [6.45, 7) is 4.44. The van der Waals surface area contributed by atoms with Crippen LogP contribution in [0, 0.1) is 5.92 Å². The minimum atomic E-state index is -0.298. The van der Waals surface area contributed by atoms with Gasteiger partial charge in [0.2, 0.25) is 0 Å². The van der Waals surface area contributed by atoms with Crippen molar-refractivity contribution >= 4 is 28.1 Å². The van der Waals surface area contributed by atoms with Crippen LogP contribution in [0.15, 0.2) is 59.3 Å². The van der Waals surface area contributed by atoms with Gasteiger partial charge in [-0.15, -0.1) is 0 Å². The number of aliphatic hydroxyl groups is 1. The van der Waals surface area contributed by atoms with E-state index in [0.717, 1.165) is 73.2 Å². The zero-order valence-electron chi connectivity index (χ0n) is 23.0. The lowest BCUT2D eigenvalue weighted by molar-refractivity contribution is 0.0673. The largest absolute Gasteiger partial charge is 0.490 e. The highest BCUT2D eigenvalue weighted by atomic mass is 32.1. The molecule has 1 aliphatic carbocycles. The molecule has 2 aliphatic rings. The minimum Gasteiger partial charge on any atom is -0.490 e. The Labute approximate surface area is 239 Å². The van der Waals surface area contributed by atoms with Gasteiger partial charge in [-0.3, -0.25) is 9.89 Å². The number of hydrogen-bond acceptors (Lipinski definition) is 6. The number of hydrogen-bond donors (Lipinski definition) is 3. The van der Waals surface area contributed by atoms with Crippen LogP contribution >= 0.6 is 11.3 Å². The average molecular weight is 559 g/mol. The molecule has 1 amide bonds. The van der Waals surface area contributed by atoms with Crippen LogP contribution in [-0.2, 0) is 0 Å². The molecule has 40 heavy (non-hydrogen) atoms. The van der Waals surface area contributed by atoms with Gasteiger partial charge in [0.25, 0.3) is 5.91 Å². The number of aromatic nitrogens is 2. The predicted molar refractivity (Wildman–Crippen MR) is 160 cm³/mol. The molecule has 2 unspecified atom stereocenters. The molecule has 2 aromatic heterocycles. The number of rotatable bonds is 9. The van der Waals surface area contributed by atoms with Crippen molar-refractivity contribution in [2.75, 3.05) is 19.6 Å². The number of thiophene rings is 1. The fraction of sp³-hybridized carbons (Fsp3) is 0.438. The van der Waals surface area contributed by atoms with Gasteiger partial charge in [-0.2, -0.15) is 16.4 Å². The number of carbonyl (C=O) groups is 1. The summed E-state index contributed by atoms with van der Waals surface area (Å²) in [6.07, 6.45) is 6.59.